The molecule has 15 heavy (non-hydrogen) atoms. The molecular formula is C13H24N2. The number of piperidine rings is 3. The normalized spacial score (nSPS) is 48.2. The Morgan fingerprint density at radius 1 is 1.20 bits per heavy atom. The van der Waals surface area contributed by atoms with Crippen molar-refractivity contribution in [3.63, 3.8) is 0 Å². The predicted octanol–water partition coefficient (Wildman–Crippen LogP) is 1.72. The van der Waals surface area contributed by atoms with Gasteiger partial charge in [0.2, 0.25) is 0 Å². The molecule has 3 atom stereocenters. The molecule has 0 spiro atoms. The molecule has 1 aliphatic carbocycles. The second kappa shape index (κ2) is 4.06. The Hall–Kier alpha value is -0.0800. The molecule has 3 heterocycles. The summed E-state index contributed by atoms with van der Waals surface area (Å²) < 4.78 is 0. The summed E-state index contributed by atoms with van der Waals surface area (Å²) in [5, 5.41) is 3.30. The van der Waals surface area contributed by atoms with Gasteiger partial charge in [-0.25, -0.2) is 0 Å². The van der Waals surface area contributed by atoms with Crippen molar-refractivity contribution in [1.29, 1.82) is 0 Å². The zero-order valence-electron chi connectivity index (χ0n) is 9.91. The van der Waals surface area contributed by atoms with E-state index >= 15 is 0 Å². The average Bonchev–Trinajstić information content (AvgIpc) is 2.73. The maximum Gasteiger partial charge on any atom is 0.0129 e. The highest BCUT2D eigenvalue weighted by Gasteiger charge is 2.47. The molecular weight excluding hydrogens is 184 g/mol. The van der Waals surface area contributed by atoms with E-state index in [9.17, 15) is 0 Å². The summed E-state index contributed by atoms with van der Waals surface area (Å²) in [6.45, 7) is 4.03. The fourth-order valence-electron chi connectivity index (χ4n) is 4.34. The summed E-state index contributed by atoms with van der Waals surface area (Å²) in [5.74, 6) is 3.20. The van der Waals surface area contributed by atoms with Crippen molar-refractivity contribution < 1.29 is 0 Å². The number of nitrogens with zero attached hydrogens (tertiary/aromatic N) is 1. The number of hydrogen-bond acceptors (Lipinski definition) is 2. The molecule has 3 aliphatic heterocycles. The third-order valence-electron chi connectivity index (χ3n) is 5.13. The zero-order valence-corrected chi connectivity index (χ0v) is 9.91. The van der Waals surface area contributed by atoms with E-state index in [1.807, 2.05) is 0 Å². The minimum absolute atomic E-state index is 0.986. The SMILES string of the molecule is CNCCC1CC2C3CCN(CC3)C2C1. The van der Waals surface area contributed by atoms with Crippen LogP contribution in [0.4, 0.5) is 0 Å². The second-order valence-electron chi connectivity index (χ2n) is 5.83. The van der Waals surface area contributed by atoms with Gasteiger partial charge in [-0.3, -0.25) is 0 Å². The molecule has 3 unspecified atom stereocenters. The minimum Gasteiger partial charge on any atom is -0.320 e. The summed E-state index contributed by atoms with van der Waals surface area (Å²) in [7, 11) is 2.08. The fourth-order valence-corrected chi connectivity index (χ4v) is 4.34. The third kappa shape index (κ3) is 1.72. The van der Waals surface area contributed by atoms with Crippen molar-refractivity contribution in [2.24, 2.45) is 17.8 Å². The van der Waals surface area contributed by atoms with Gasteiger partial charge >= 0.3 is 0 Å². The topological polar surface area (TPSA) is 15.3 Å². The minimum atomic E-state index is 0.986. The van der Waals surface area contributed by atoms with Gasteiger partial charge in [-0.1, -0.05) is 0 Å². The number of rotatable bonds is 3. The fraction of sp³-hybridized carbons (Fsp3) is 1.00. The van der Waals surface area contributed by atoms with Crippen LogP contribution < -0.4 is 5.32 Å². The first-order valence-electron chi connectivity index (χ1n) is 6.77. The average molecular weight is 208 g/mol. The molecule has 2 heteroatoms. The Morgan fingerprint density at radius 2 is 2.00 bits per heavy atom. The van der Waals surface area contributed by atoms with Gasteiger partial charge in [0.1, 0.15) is 0 Å². The molecule has 3 saturated heterocycles. The lowest BCUT2D eigenvalue weighted by Gasteiger charge is -2.48. The molecule has 0 aromatic heterocycles. The maximum atomic E-state index is 3.30. The molecule has 1 saturated carbocycles. The van der Waals surface area contributed by atoms with Crippen LogP contribution in [0.15, 0.2) is 0 Å². The van der Waals surface area contributed by atoms with E-state index in [0.717, 1.165) is 23.8 Å². The molecule has 0 aromatic rings. The van der Waals surface area contributed by atoms with Crippen LogP contribution in [-0.2, 0) is 0 Å². The van der Waals surface area contributed by atoms with E-state index < -0.39 is 0 Å². The second-order valence-corrected chi connectivity index (χ2v) is 5.83. The molecule has 86 valence electrons. The van der Waals surface area contributed by atoms with Crippen LogP contribution in [0.2, 0.25) is 0 Å². The van der Waals surface area contributed by atoms with Gasteiger partial charge in [0.15, 0.2) is 0 Å². The van der Waals surface area contributed by atoms with Gasteiger partial charge in [0.05, 0.1) is 0 Å². The first kappa shape index (κ1) is 10.1. The van der Waals surface area contributed by atoms with E-state index in [1.54, 1.807) is 0 Å². The van der Waals surface area contributed by atoms with Crippen LogP contribution >= 0.6 is 0 Å². The summed E-state index contributed by atoms with van der Waals surface area (Å²) in [6, 6.07) is 0.986. The van der Waals surface area contributed by atoms with Crippen LogP contribution in [-0.4, -0.2) is 37.6 Å². The quantitative estimate of drug-likeness (QED) is 0.759. The van der Waals surface area contributed by atoms with Crippen molar-refractivity contribution in [3.05, 3.63) is 0 Å². The van der Waals surface area contributed by atoms with E-state index in [4.69, 9.17) is 0 Å². The molecule has 2 bridgehead atoms. The number of fused-ring (bicyclic) bond motifs is 2. The molecule has 4 fully saturated rings. The van der Waals surface area contributed by atoms with Crippen molar-refractivity contribution in [2.45, 2.75) is 38.1 Å². The third-order valence-corrected chi connectivity index (χ3v) is 5.13. The summed E-state index contributed by atoms with van der Waals surface area (Å²) in [4.78, 5) is 2.80. The lowest BCUT2D eigenvalue weighted by Crippen LogP contribution is -2.52. The Kier molecular flexibility index (Phi) is 2.73. The molecule has 0 amide bonds. The van der Waals surface area contributed by atoms with Gasteiger partial charge in [0.25, 0.3) is 0 Å². The number of hydrogen-bond donors (Lipinski definition) is 1. The summed E-state index contributed by atoms with van der Waals surface area (Å²) in [5.41, 5.74) is 0. The zero-order chi connectivity index (χ0) is 10.3. The van der Waals surface area contributed by atoms with E-state index in [2.05, 4.69) is 17.3 Å². The van der Waals surface area contributed by atoms with Gasteiger partial charge in [0, 0.05) is 6.04 Å². The lowest BCUT2D eigenvalue weighted by atomic mass is 9.75. The Labute approximate surface area is 93.4 Å². The van der Waals surface area contributed by atoms with Crippen LogP contribution in [0, 0.1) is 17.8 Å². The number of nitrogens with one attached hydrogen (secondary N) is 1. The molecule has 0 radical (unpaired) electrons. The first-order chi connectivity index (χ1) is 7.38. The molecule has 0 aromatic carbocycles. The predicted molar refractivity (Wildman–Crippen MR) is 62.8 cm³/mol. The molecule has 4 rings (SSSR count). The summed E-state index contributed by atoms with van der Waals surface area (Å²) >= 11 is 0. The molecule has 2 nitrogen and oxygen atoms in total. The van der Waals surface area contributed by atoms with Gasteiger partial charge in [-0.2, -0.15) is 0 Å². The van der Waals surface area contributed by atoms with Crippen LogP contribution in [0.5, 0.6) is 0 Å². The first-order valence-corrected chi connectivity index (χ1v) is 6.77. The largest absolute Gasteiger partial charge is 0.320 e. The highest BCUT2D eigenvalue weighted by molar-refractivity contribution is 5.00. The van der Waals surface area contributed by atoms with Crippen LogP contribution in [0.25, 0.3) is 0 Å². The summed E-state index contributed by atoms with van der Waals surface area (Å²) in [6.07, 6.45) is 7.44. The van der Waals surface area contributed by atoms with E-state index in [0.29, 0.717) is 0 Å². The van der Waals surface area contributed by atoms with Crippen molar-refractivity contribution in [2.75, 3.05) is 26.7 Å². The Morgan fingerprint density at radius 3 is 2.67 bits per heavy atom. The van der Waals surface area contributed by atoms with Crippen LogP contribution in [0.1, 0.15) is 32.1 Å². The van der Waals surface area contributed by atoms with Crippen molar-refractivity contribution in [1.82, 2.24) is 10.2 Å². The van der Waals surface area contributed by atoms with Gasteiger partial charge < -0.3 is 10.2 Å². The Balaban J connectivity index is 1.63. The van der Waals surface area contributed by atoms with Crippen LogP contribution in [0.3, 0.4) is 0 Å². The standard InChI is InChI=1S/C13H24N2/c1-14-5-2-10-8-12-11-3-6-15(7-4-11)13(12)9-10/h10-14H,2-9H2,1H3. The molecule has 1 N–H and O–H groups in total. The smallest absolute Gasteiger partial charge is 0.0129 e. The van der Waals surface area contributed by atoms with E-state index in [-0.39, 0.29) is 0 Å². The van der Waals surface area contributed by atoms with Crippen molar-refractivity contribution in [3.8, 4) is 0 Å². The van der Waals surface area contributed by atoms with Crippen molar-refractivity contribution >= 4 is 0 Å². The molecule has 4 aliphatic rings. The van der Waals surface area contributed by atoms with Gasteiger partial charge in [-0.05, 0) is 76.5 Å². The lowest BCUT2D eigenvalue weighted by molar-refractivity contribution is 0.00792. The maximum absolute atomic E-state index is 3.30. The van der Waals surface area contributed by atoms with Gasteiger partial charge in [-0.15, -0.1) is 0 Å². The monoisotopic (exact) mass is 208 g/mol. The highest BCUT2D eigenvalue weighted by atomic mass is 15.2. The Bertz CT molecular complexity index is 201. The van der Waals surface area contributed by atoms with E-state index in [1.165, 1.54) is 51.7 Å². The highest BCUT2D eigenvalue weighted by Crippen LogP contribution is 2.48.